The summed E-state index contributed by atoms with van der Waals surface area (Å²) in [6.45, 7) is 4.46. The lowest BCUT2D eigenvalue weighted by atomic mass is 9.91. The monoisotopic (exact) mass is 264 g/mol. The Bertz CT molecular complexity index is 517. The van der Waals surface area contributed by atoms with Crippen LogP contribution in [0.4, 0.5) is 0 Å². The lowest BCUT2D eigenvalue weighted by Crippen LogP contribution is -2.15. The Morgan fingerprint density at radius 1 is 1.39 bits per heavy atom. The summed E-state index contributed by atoms with van der Waals surface area (Å²) in [6.07, 6.45) is 0.831. The Labute approximate surface area is 112 Å². The molecule has 1 aromatic heterocycles. The first kappa shape index (κ1) is 13.1. The summed E-state index contributed by atoms with van der Waals surface area (Å²) in [5.74, 6) is 1.11. The molecule has 0 saturated carbocycles. The topological polar surface area (TPSA) is 52.0 Å². The van der Waals surface area contributed by atoms with E-state index in [9.17, 15) is 0 Å². The number of aromatic nitrogens is 1. The zero-order chi connectivity index (χ0) is 13.1. The van der Waals surface area contributed by atoms with E-state index in [1.807, 2.05) is 32.0 Å². The molecule has 96 valence electrons. The van der Waals surface area contributed by atoms with Gasteiger partial charge in [0, 0.05) is 16.5 Å². The van der Waals surface area contributed by atoms with Crippen LogP contribution in [0.1, 0.15) is 28.5 Å². The molecule has 18 heavy (non-hydrogen) atoms. The second-order valence-corrected chi connectivity index (χ2v) is 4.93. The Hall–Kier alpha value is -1.32. The minimum Gasteiger partial charge on any atom is -0.361 e. The number of hydrogen-bond donors (Lipinski definition) is 1. The smallest absolute Gasteiger partial charge is 0.137 e. The van der Waals surface area contributed by atoms with Crippen LogP contribution in [0, 0.1) is 13.8 Å². The van der Waals surface area contributed by atoms with Crippen LogP contribution in [-0.2, 0) is 6.42 Å². The lowest BCUT2D eigenvalue weighted by Gasteiger charge is -2.15. The molecule has 4 heteroatoms. The highest BCUT2D eigenvalue weighted by atomic mass is 35.5. The first-order valence-corrected chi connectivity index (χ1v) is 6.37. The Balaban J connectivity index is 2.25. The van der Waals surface area contributed by atoms with Gasteiger partial charge in [-0.2, -0.15) is 0 Å². The molecule has 0 aliphatic heterocycles. The minimum atomic E-state index is 0.237. The Morgan fingerprint density at radius 2 is 2.17 bits per heavy atom. The van der Waals surface area contributed by atoms with Gasteiger partial charge in [0.2, 0.25) is 0 Å². The predicted octanol–water partition coefficient (Wildman–Crippen LogP) is 3.23. The summed E-state index contributed by atoms with van der Waals surface area (Å²) in [7, 11) is 0. The molecule has 1 aromatic carbocycles. The summed E-state index contributed by atoms with van der Waals surface area (Å²) in [5.41, 5.74) is 9.12. The summed E-state index contributed by atoms with van der Waals surface area (Å²) in [6, 6.07) is 7.85. The number of aryl methyl sites for hydroxylation is 2. The van der Waals surface area contributed by atoms with Crippen molar-refractivity contribution in [1.82, 2.24) is 5.16 Å². The number of rotatable bonds is 4. The molecule has 3 nitrogen and oxygen atoms in total. The number of nitrogens with zero attached hydrogens (tertiary/aromatic N) is 1. The van der Waals surface area contributed by atoms with Gasteiger partial charge in [0.05, 0.1) is 5.69 Å². The SMILES string of the molecule is Cc1noc(C)c1CC(CN)c1cccc(Cl)c1. The van der Waals surface area contributed by atoms with Gasteiger partial charge in [-0.25, -0.2) is 0 Å². The van der Waals surface area contributed by atoms with Crippen LogP contribution in [0.2, 0.25) is 5.02 Å². The molecular formula is C14H17ClN2O. The van der Waals surface area contributed by atoms with Crippen molar-refractivity contribution in [3.8, 4) is 0 Å². The summed E-state index contributed by atoms with van der Waals surface area (Å²) in [5, 5.41) is 4.71. The van der Waals surface area contributed by atoms with Crippen molar-refractivity contribution < 1.29 is 4.52 Å². The molecule has 1 unspecified atom stereocenters. The molecule has 2 N–H and O–H groups in total. The summed E-state index contributed by atoms with van der Waals surface area (Å²) in [4.78, 5) is 0. The maximum Gasteiger partial charge on any atom is 0.137 e. The molecule has 2 rings (SSSR count). The van der Waals surface area contributed by atoms with Gasteiger partial charge in [0.15, 0.2) is 0 Å². The molecule has 2 aromatic rings. The van der Waals surface area contributed by atoms with Gasteiger partial charge in [0.25, 0.3) is 0 Å². The van der Waals surface area contributed by atoms with Crippen LogP contribution in [0.3, 0.4) is 0 Å². The van der Waals surface area contributed by atoms with E-state index in [1.165, 1.54) is 0 Å². The van der Waals surface area contributed by atoms with Crippen molar-refractivity contribution in [3.63, 3.8) is 0 Å². The average molecular weight is 265 g/mol. The summed E-state index contributed by atoms with van der Waals surface area (Å²) < 4.78 is 5.18. The molecule has 1 heterocycles. The van der Waals surface area contributed by atoms with Crippen molar-refractivity contribution in [2.24, 2.45) is 5.73 Å². The van der Waals surface area contributed by atoms with E-state index < -0.39 is 0 Å². The van der Waals surface area contributed by atoms with E-state index in [-0.39, 0.29) is 5.92 Å². The highest BCUT2D eigenvalue weighted by molar-refractivity contribution is 6.30. The van der Waals surface area contributed by atoms with Crippen LogP contribution in [0.5, 0.6) is 0 Å². The van der Waals surface area contributed by atoms with Crippen molar-refractivity contribution in [1.29, 1.82) is 0 Å². The molecule has 0 spiro atoms. The number of benzene rings is 1. The third kappa shape index (κ3) is 2.74. The second-order valence-electron chi connectivity index (χ2n) is 4.49. The Kier molecular flexibility index (Phi) is 4.04. The molecule has 0 aliphatic rings. The maximum absolute atomic E-state index is 6.02. The van der Waals surface area contributed by atoms with Crippen LogP contribution < -0.4 is 5.73 Å². The van der Waals surface area contributed by atoms with E-state index in [4.69, 9.17) is 21.9 Å². The fraction of sp³-hybridized carbons (Fsp3) is 0.357. The van der Waals surface area contributed by atoms with E-state index in [2.05, 4.69) is 11.2 Å². The first-order valence-electron chi connectivity index (χ1n) is 5.99. The fourth-order valence-electron chi connectivity index (χ4n) is 2.14. The first-order chi connectivity index (χ1) is 8.61. The van der Waals surface area contributed by atoms with E-state index >= 15 is 0 Å². The number of nitrogens with two attached hydrogens (primary N) is 1. The Morgan fingerprint density at radius 3 is 2.72 bits per heavy atom. The molecule has 0 bridgehead atoms. The van der Waals surface area contributed by atoms with Crippen molar-refractivity contribution in [2.45, 2.75) is 26.2 Å². The van der Waals surface area contributed by atoms with Gasteiger partial charge in [-0.15, -0.1) is 0 Å². The molecule has 1 atom stereocenters. The van der Waals surface area contributed by atoms with Crippen molar-refractivity contribution in [3.05, 3.63) is 51.9 Å². The van der Waals surface area contributed by atoms with Gasteiger partial charge >= 0.3 is 0 Å². The van der Waals surface area contributed by atoms with Crippen LogP contribution in [-0.4, -0.2) is 11.7 Å². The molecule has 0 aliphatic carbocycles. The van der Waals surface area contributed by atoms with Crippen LogP contribution in [0.25, 0.3) is 0 Å². The quantitative estimate of drug-likeness (QED) is 0.922. The highest BCUT2D eigenvalue weighted by Gasteiger charge is 2.16. The van der Waals surface area contributed by atoms with Gasteiger partial charge in [0.1, 0.15) is 5.76 Å². The fourth-order valence-corrected chi connectivity index (χ4v) is 2.34. The number of hydrogen-bond acceptors (Lipinski definition) is 3. The summed E-state index contributed by atoms with van der Waals surface area (Å²) >= 11 is 6.02. The number of halogens is 1. The molecule has 0 fully saturated rings. The van der Waals surface area contributed by atoms with Gasteiger partial charge in [-0.3, -0.25) is 0 Å². The van der Waals surface area contributed by atoms with Crippen LogP contribution >= 0.6 is 11.6 Å². The molecule has 0 saturated heterocycles. The standard InChI is InChI=1S/C14H17ClN2O/c1-9-14(10(2)18-17-9)7-12(8-16)11-4-3-5-13(15)6-11/h3-6,12H,7-8,16H2,1-2H3. The molecule has 0 radical (unpaired) electrons. The van der Waals surface area contributed by atoms with Crippen molar-refractivity contribution >= 4 is 11.6 Å². The maximum atomic E-state index is 6.02. The zero-order valence-corrected chi connectivity index (χ0v) is 11.4. The third-order valence-electron chi connectivity index (χ3n) is 3.24. The lowest BCUT2D eigenvalue weighted by molar-refractivity contribution is 0.392. The predicted molar refractivity (Wildman–Crippen MR) is 72.9 cm³/mol. The van der Waals surface area contributed by atoms with E-state index in [0.29, 0.717) is 6.54 Å². The molecule has 0 amide bonds. The van der Waals surface area contributed by atoms with Gasteiger partial charge in [-0.05, 0) is 44.5 Å². The average Bonchev–Trinajstić information content (AvgIpc) is 2.66. The van der Waals surface area contributed by atoms with Crippen LogP contribution in [0.15, 0.2) is 28.8 Å². The van der Waals surface area contributed by atoms with Crippen molar-refractivity contribution in [2.75, 3.05) is 6.54 Å². The van der Waals surface area contributed by atoms with Gasteiger partial charge in [-0.1, -0.05) is 28.9 Å². The third-order valence-corrected chi connectivity index (χ3v) is 3.47. The van der Waals surface area contributed by atoms with E-state index in [0.717, 1.165) is 34.0 Å². The minimum absolute atomic E-state index is 0.237. The zero-order valence-electron chi connectivity index (χ0n) is 10.6. The highest BCUT2D eigenvalue weighted by Crippen LogP contribution is 2.25. The largest absolute Gasteiger partial charge is 0.361 e. The van der Waals surface area contributed by atoms with Gasteiger partial charge < -0.3 is 10.3 Å². The van der Waals surface area contributed by atoms with E-state index in [1.54, 1.807) is 0 Å². The molecular weight excluding hydrogens is 248 g/mol. The second kappa shape index (κ2) is 5.55. The normalized spacial score (nSPS) is 12.7.